The molecule has 0 aliphatic carbocycles. The van der Waals surface area contributed by atoms with Gasteiger partial charge in [0.05, 0.1) is 6.04 Å². The van der Waals surface area contributed by atoms with Gasteiger partial charge in [-0.15, -0.1) is 0 Å². The lowest BCUT2D eigenvalue weighted by atomic mass is 10.1. The van der Waals surface area contributed by atoms with Crippen LogP contribution in [0, 0.1) is 0 Å². The van der Waals surface area contributed by atoms with E-state index in [2.05, 4.69) is 5.32 Å². The van der Waals surface area contributed by atoms with Crippen molar-refractivity contribution in [1.82, 2.24) is 5.32 Å². The number of amides is 1. The fourth-order valence-electron chi connectivity index (χ4n) is 2.12. The maximum Gasteiger partial charge on any atom is 0.287 e. The number of halogens is 1. The summed E-state index contributed by atoms with van der Waals surface area (Å²) in [6.07, 6.45) is 0. The van der Waals surface area contributed by atoms with E-state index in [9.17, 15) is 4.79 Å². The van der Waals surface area contributed by atoms with Crippen molar-refractivity contribution in [2.45, 2.75) is 13.0 Å². The number of benzene rings is 1. The molecule has 1 aliphatic rings. The van der Waals surface area contributed by atoms with E-state index in [0.29, 0.717) is 19.0 Å². The molecular weight excluding hydrogens is 294 g/mol. The van der Waals surface area contributed by atoms with Gasteiger partial charge in [-0.25, -0.2) is 0 Å². The van der Waals surface area contributed by atoms with E-state index in [1.165, 1.54) is 12.1 Å². The molecule has 5 nitrogen and oxygen atoms in total. The summed E-state index contributed by atoms with van der Waals surface area (Å²) in [5.74, 6) is 1.29. The predicted octanol–water partition coefficient (Wildman–Crippen LogP) is 3.20. The molecule has 2 aromatic rings. The molecule has 1 amide bonds. The number of carbonyl (C=O) groups excluding carboxylic acids is 1. The van der Waals surface area contributed by atoms with Crippen molar-refractivity contribution in [2.75, 3.05) is 13.2 Å². The van der Waals surface area contributed by atoms with E-state index in [0.717, 1.165) is 11.3 Å². The SMILES string of the molecule is CC(NC(=O)c1ccc(Cl)o1)c1ccc2c(c1)OCCO2. The van der Waals surface area contributed by atoms with Gasteiger partial charge in [-0.1, -0.05) is 6.07 Å². The lowest BCUT2D eigenvalue weighted by molar-refractivity contribution is 0.0912. The summed E-state index contributed by atoms with van der Waals surface area (Å²) in [5, 5.41) is 3.03. The second-order valence-electron chi connectivity index (χ2n) is 4.70. The second kappa shape index (κ2) is 5.69. The number of carbonyl (C=O) groups is 1. The first-order chi connectivity index (χ1) is 10.1. The molecule has 110 valence electrons. The molecule has 0 bridgehead atoms. The molecule has 0 spiro atoms. The van der Waals surface area contributed by atoms with Gasteiger partial charge < -0.3 is 19.2 Å². The summed E-state index contributed by atoms with van der Waals surface area (Å²) < 4.78 is 16.1. The smallest absolute Gasteiger partial charge is 0.287 e. The van der Waals surface area contributed by atoms with Crippen LogP contribution < -0.4 is 14.8 Å². The summed E-state index contributed by atoms with van der Waals surface area (Å²) in [5.41, 5.74) is 0.922. The summed E-state index contributed by atoms with van der Waals surface area (Å²) in [4.78, 5) is 12.0. The Morgan fingerprint density at radius 2 is 1.95 bits per heavy atom. The molecule has 2 heterocycles. The highest BCUT2D eigenvalue weighted by atomic mass is 35.5. The standard InChI is InChI=1S/C15H14ClNO4/c1-9(17-15(18)12-4-5-14(16)21-12)10-2-3-11-13(8-10)20-7-6-19-11/h2-5,8-9H,6-7H2,1H3,(H,17,18). The predicted molar refractivity (Wildman–Crippen MR) is 77.0 cm³/mol. The van der Waals surface area contributed by atoms with Gasteiger partial charge in [0.25, 0.3) is 5.91 Å². The van der Waals surface area contributed by atoms with Crippen molar-refractivity contribution in [3.8, 4) is 11.5 Å². The summed E-state index contributed by atoms with van der Waals surface area (Å²) >= 11 is 5.66. The van der Waals surface area contributed by atoms with Crippen molar-refractivity contribution in [1.29, 1.82) is 0 Å². The van der Waals surface area contributed by atoms with Crippen molar-refractivity contribution in [3.63, 3.8) is 0 Å². The molecule has 6 heteroatoms. The van der Waals surface area contributed by atoms with Gasteiger partial charge in [0.1, 0.15) is 13.2 Å². The Morgan fingerprint density at radius 1 is 1.19 bits per heavy atom. The highest BCUT2D eigenvalue weighted by molar-refractivity contribution is 6.29. The lowest BCUT2D eigenvalue weighted by Crippen LogP contribution is -2.26. The largest absolute Gasteiger partial charge is 0.486 e. The molecule has 0 radical (unpaired) electrons. The van der Waals surface area contributed by atoms with Gasteiger partial charge in [-0.3, -0.25) is 4.79 Å². The Labute approximate surface area is 126 Å². The quantitative estimate of drug-likeness (QED) is 0.946. The normalized spacial score (nSPS) is 14.6. The third-order valence-corrected chi connectivity index (χ3v) is 3.41. The average molecular weight is 308 g/mol. The Hall–Kier alpha value is -2.14. The zero-order valence-corrected chi connectivity index (χ0v) is 12.1. The van der Waals surface area contributed by atoms with Crippen LogP contribution in [0.1, 0.15) is 29.1 Å². The van der Waals surface area contributed by atoms with Crippen LogP contribution in [0.5, 0.6) is 11.5 Å². The van der Waals surface area contributed by atoms with Crippen LogP contribution in [0.25, 0.3) is 0 Å². The molecular formula is C15H14ClNO4. The van der Waals surface area contributed by atoms with Crippen LogP contribution in [0.15, 0.2) is 34.7 Å². The zero-order chi connectivity index (χ0) is 14.8. The number of rotatable bonds is 3. The lowest BCUT2D eigenvalue weighted by Gasteiger charge is -2.20. The number of hydrogen-bond acceptors (Lipinski definition) is 4. The molecule has 0 saturated carbocycles. The molecule has 3 rings (SSSR count). The monoisotopic (exact) mass is 307 g/mol. The number of ether oxygens (including phenoxy) is 2. The Kier molecular flexibility index (Phi) is 3.75. The summed E-state index contributed by atoms with van der Waals surface area (Å²) in [7, 11) is 0. The minimum atomic E-state index is -0.315. The van der Waals surface area contributed by atoms with E-state index in [-0.39, 0.29) is 22.9 Å². The van der Waals surface area contributed by atoms with Crippen molar-refractivity contribution >= 4 is 17.5 Å². The fourth-order valence-corrected chi connectivity index (χ4v) is 2.26. The first kappa shape index (κ1) is 13.8. The third-order valence-electron chi connectivity index (χ3n) is 3.21. The van der Waals surface area contributed by atoms with E-state index in [1.54, 1.807) is 0 Å². The van der Waals surface area contributed by atoms with Gasteiger partial charge in [0.2, 0.25) is 0 Å². The van der Waals surface area contributed by atoms with E-state index in [1.807, 2.05) is 25.1 Å². The first-order valence-electron chi connectivity index (χ1n) is 6.59. The van der Waals surface area contributed by atoms with E-state index < -0.39 is 0 Å². The molecule has 21 heavy (non-hydrogen) atoms. The molecule has 0 fully saturated rings. The van der Waals surface area contributed by atoms with Crippen molar-refractivity contribution in [2.24, 2.45) is 0 Å². The molecule has 1 atom stereocenters. The molecule has 1 aromatic carbocycles. The first-order valence-corrected chi connectivity index (χ1v) is 6.97. The van der Waals surface area contributed by atoms with Gasteiger partial charge >= 0.3 is 0 Å². The van der Waals surface area contributed by atoms with E-state index in [4.69, 9.17) is 25.5 Å². The Balaban J connectivity index is 1.73. The Morgan fingerprint density at radius 3 is 2.67 bits per heavy atom. The third kappa shape index (κ3) is 2.97. The van der Waals surface area contributed by atoms with Gasteiger partial charge in [0, 0.05) is 0 Å². The highest BCUT2D eigenvalue weighted by Crippen LogP contribution is 2.32. The van der Waals surface area contributed by atoms with Gasteiger partial charge in [-0.05, 0) is 48.4 Å². The summed E-state index contributed by atoms with van der Waals surface area (Å²) in [6, 6.07) is 8.48. The van der Waals surface area contributed by atoms with Crippen LogP contribution >= 0.6 is 11.6 Å². The van der Waals surface area contributed by atoms with E-state index >= 15 is 0 Å². The highest BCUT2D eigenvalue weighted by Gasteiger charge is 2.17. The Bertz CT molecular complexity index is 667. The molecule has 0 saturated heterocycles. The maximum atomic E-state index is 12.0. The fraction of sp³-hybridized carbons (Fsp3) is 0.267. The second-order valence-corrected chi connectivity index (χ2v) is 5.07. The molecule has 1 aromatic heterocycles. The van der Waals surface area contributed by atoms with Gasteiger partial charge in [0.15, 0.2) is 22.5 Å². The number of nitrogens with one attached hydrogen (secondary N) is 1. The van der Waals surface area contributed by atoms with Crippen LogP contribution in [-0.4, -0.2) is 19.1 Å². The molecule has 1 unspecified atom stereocenters. The number of furan rings is 1. The van der Waals surface area contributed by atoms with Crippen LogP contribution in [0.3, 0.4) is 0 Å². The summed E-state index contributed by atoms with van der Waals surface area (Å²) in [6.45, 7) is 2.97. The number of fused-ring (bicyclic) bond motifs is 1. The zero-order valence-electron chi connectivity index (χ0n) is 11.4. The minimum absolute atomic E-state index is 0.185. The molecule has 1 N–H and O–H groups in total. The molecule has 1 aliphatic heterocycles. The van der Waals surface area contributed by atoms with Crippen LogP contribution in [-0.2, 0) is 0 Å². The topological polar surface area (TPSA) is 60.7 Å². The number of hydrogen-bond donors (Lipinski definition) is 1. The van der Waals surface area contributed by atoms with Gasteiger partial charge in [-0.2, -0.15) is 0 Å². The minimum Gasteiger partial charge on any atom is -0.486 e. The maximum absolute atomic E-state index is 12.0. The average Bonchev–Trinajstić information content (AvgIpc) is 2.93. The van der Waals surface area contributed by atoms with Crippen molar-refractivity contribution < 1.29 is 18.7 Å². The van der Waals surface area contributed by atoms with Crippen LogP contribution in [0.4, 0.5) is 0 Å². The van der Waals surface area contributed by atoms with Crippen molar-refractivity contribution in [3.05, 3.63) is 46.9 Å². The van der Waals surface area contributed by atoms with Crippen LogP contribution in [0.2, 0.25) is 5.22 Å².